The quantitative estimate of drug-likeness (QED) is 0.197. The molecule has 2 aromatic carbocycles. The Hall–Kier alpha value is -2.60. The summed E-state index contributed by atoms with van der Waals surface area (Å²) in [6.07, 6.45) is 8.50. The number of aliphatic imine (C=N–C) groups is 1. The lowest BCUT2D eigenvalue weighted by molar-refractivity contribution is -0.0291. The second-order valence-electron chi connectivity index (χ2n) is 9.92. The molecule has 4 rings (SSSR count). The third kappa shape index (κ3) is 5.72. The van der Waals surface area contributed by atoms with Gasteiger partial charge in [-0.15, -0.1) is 5.11 Å². The fourth-order valence-corrected chi connectivity index (χ4v) is 5.80. The van der Waals surface area contributed by atoms with E-state index < -0.39 is 0 Å². The molecule has 2 aromatic rings. The fraction of sp³-hybridized carbons (Fsp3) is 0.429. The second-order valence-corrected chi connectivity index (χ2v) is 10.8. The van der Waals surface area contributed by atoms with E-state index >= 15 is 0 Å². The number of hydrogen-bond acceptors (Lipinski definition) is 3. The highest BCUT2D eigenvalue weighted by atomic mass is 79.9. The highest BCUT2D eigenvalue weighted by Gasteiger charge is 2.47. The summed E-state index contributed by atoms with van der Waals surface area (Å²) >= 11 is 3.55. The van der Waals surface area contributed by atoms with Crippen LogP contribution in [0.15, 0.2) is 69.7 Å². The lowest BCUT2D eigenvalue weighted by Gasteiger charge is -2.54. The second kappa shape index (κ2) is 10.8. The number of amidine groups is 2. The molecule has 6 heteroatoms. The molecular formula is C28H34BrN5. The molecule has 2 saturated carbocycles. The average molecular weight is 521 g/mol. The molecular weight excluding hydrogens is 486 g/mol. The molecule has 178 valence electrons. The van der Waals surface area contributed by atoms with E-state index in [1.807, 2.05) is 36.4 Å². The van der Waals surface area contributed by atoms with Gasteiger partial charge in [0.2, 0.25) is 0 Å². The first kappa shape index (κ1) is 24.5. The summed E-state index contributed by atoms with van der Waals surface area (Å²) in [5, 5.41) is 11.3. The van der Waals surface area contributed by atoms with E-state index in [0.29, 0.717) is 24.1 Å². The largest absolute Gasteiger partial charge is 0.356 e. The molecule has 0 aliphatic heterocycles. The molecule has 2 fully saturated rings. The summed E-state index contributed by atoms with van der Waals surface area (Å²) in [6.45, 7) is 7.89. The first-order chi connectivity index (χ1) is 16.4. The molecule has 0 atom stereocenters. The number of hydrogen-bond donors (Lipinski definition) is 2. The lowest BCUT2D eigenvalue weighted by atomic mass is 9.51. The summed E-state index contributed by atoms with van der Waals surface area (Å²) in [4.78, 5) is 7.37. The van der Waals surface area contributed by atoms with E-state index in [1.54, 1.807) is 0 Å². The van der Waals surface area contributed by atoms with Gasteiger partial charge in [-0.05, 0) is 68.1 Å². The van der Waals surface area contributed by atoms with Crippen molar-refractivity contribution in [2.24, 2.45) is 21.4 Å². The molecule has 34 heavy (non-hydrogen) atoms. The summed E-state index contributed by atoms with van der Waals surface area (Å²) in [5.41, 5.74) is 11.8. The molecule has 0 unspecified atom stereocenters. The molecule has 5 nitrogen and oxygen atoms in total. The van der Waals surface area contributed by atoms with E-state index in [9.17, 15) is 0 Å². The number of halogens is 1. The fourth-order valence-electron chi connectivity index (χ4n) is 5.40. The number of benzene rings is 2. The summed E-state index contributed by atoms with van der Waals surface area (Å²) in [6, 6.07) is 16.4. The molecule has 0 bridgehead atoms. The maximum absolute atomic E-state index is 7.92. The predicted octanol–water partition coefficient (Wildman–Crippen LogP) is 7.85. The molecule has 2 aliphatic carbocycles. The minimum absolute atomic E-state index is 0.0945. The van der Waals surface area contributed by atoms with Crippen molar-refractivity contribution >= 4 is 33.3 Å². The van der Waals surface area contributed by atoms with Gasteiger partial charge in [-0.3, -0.25) is 5.41 Å². The maximum Gasteiger partial charge on any atom is 0.144 e. The van der Waals surface area contributed by atoms with E-state index in [2.05, 4.69) is 51.6 Å². The van der Waals surface area contributed by atoms with Gasteiger partial charge >= 0.3 is 0 Å². The van der Waals surface area contributed by atoms with Crippen molar-refractivity contribution < 1.29 is 0 Å². The first-order valence-electron chi connectivity index (χ1n) is 12.2. The van der Waals surface area contributed by atoms with Crippen LogP contribution in [0.2, 0.25) is 0 Å². The van der Waals surface area contributed by atoms with Crippen molar-refractivity contribution in [1.82, 2.24) is 4.90 Å². The minimum Gasteiger partial charge on any atom is -0.356 e. The van der Waals surface area contributed by atoms with Crippen LogP contribution in [0.4, 0.5) is 0 Å². The van der Waals surface area contributed by atoms with Crippen LogP contribution in [-0.4, -0.2) is 29.7 Å². The van der Waals surface area contributed by atoms with Gasteiger partial charge in [0.05, 0.1) is 5.70 Å². The van der Waals surface area contributed by atoms with Crippen LogP contribution < -0.4 is 0 Å². The Kier molecular flexibility index (Phi) is 7.77. The number of rotatable bonds is 9. The Morgan fingerprint density at radius 3 is 2.56 bits per heavy atom. The van der Waals surface area contributed by atoms with E-state index in [1.165, 1.54) is 32.1 Å². The monoisotopic (exact) mass is 519 g/mol. The van der Waals surface area contributed by atoms with Gasteiger partial charge in [-0.2, -0.15) is 0 Å². The van der Waals surface area contributed by atoms with Crippen molar-refractivity contribution in [3.63, 3.8) is 0 Å². The Bertz CT molecular complexity index is 1090. The van der Waals surface area contributed by atoms with Crippen LogP contribution in [-0.2, 0) is 0 Å². The van der Waals surface area contributed by atoms with Gasteiger partial charge in [0, 0.05) is 35.1 Å². The molecule has 0 amide bonds. The van der Waals surface area contributed by atoms with Crippen LogP contribution >= 0.6 is 15.9 Å². The molecule has 0 aromatic heterocycles. The van der Waals surface area contributed by atoms with Crippen LogP contribution in [0.25, 0.3) is 5.70 Å². The smallest absolute Gasteiger partial charge is 0.144 e. The van der Waals surface area contributed by atoms with Gasteiger partial charge in [0.15, 0.2) is 0 Å². The Balaban J connectivity index is 1.61. The molecule has 0 heterocycles. The van der Waals surface area contributed by atoms with E-state index in [4.69, 9.17) is 15.9 Å². The zero-order valence-corrected chi connectivity index (χ0v) is 21.6. The first-order valence-corrected chi connectivity index (χ1v) is 13.0. The Labute approximate surface area is 211 Å². The van der Waals surface area contributed by atoms with Crippen molar-refractivity contribution in [2.75, 3.05) is 13.1 Å². The van der Waals surface area contributed by atoms with Crippen molar-refractivity contribution in [2.45, 2.75) is 51.9 Å². The van der Waals surface area contributed by atoms with E-state index in [0.717, 1.165) is 45.9 Å². The van der Waals surface area contributed by atoms with Crippen molar-refractivity contribution in [3.05, 3.63) is 76.3 Å². The zero-order chi connectivity index (χ0) is 24.1. The molecule has 2 N–H and O–H groups in total. The van der Waals surface area contributed by atoms with Crippen LogP contribution in [0, 0.1) is 29.2 Å². The predicted molar refractivity (Wildman–Crippen MR) is 144 cm³/mol. The standard InChI is InChI=1S/C28H34BrN5/c1-20-7-3-4-10-25(20)27(32-21(2)23-8-5-9-24(29)17-23)34(16-12-26(30)33-31)15-11-22-18-28(19-22)13-6-14-28/h3-5,7-10,17,22,30-31H,2,6,11-16,18-19H2,1H3. The summed E-state index contributed by atoms with van der Waals surface area (Å²) in [7, 11) is 0. The number of nitrogens with one attached hydrogen (secondary N) is 2. The Morgan fingerprint density at radius 1 is 1.15 bits per heavy atom. The normalized spacial score (nSPS) is 17.1. The lowest BCUT2D eigenvalue weighted by Crippen LogP contribution is -2.44. The SMILES string of the molecule is C=C(N=C(c1ccccc1C)N(CCC(=N)N=N)CCC1CC2(CCC2)C1)c1cccc(Br)c1. The molecule has 0 radical (unpaired) electrons. The summed E-state index contributed by atoms with van der Waals surface area (Å²) in [5.74, 6) is 1.75. The highest BCUT2D eigenvalue weighted by Crippen LogP contribution is 2.59. The minimum atomic E-state index is 0.0945. The average Bonchev–Trinajstić information content (AvgIpc) is 2.77. The maximum atomic E-state index is 7.92. The van der Waals surface area contributed by atoms with Gasteiger partial charge < -0.3 is 4.90 Å². The molecule has 1 spiro atoms. The number of nitrogens with zero attached hydrogens (tertiary/aromatic N) is 3. The van der Waals surface area contributed by atoms with Gasteiger partial charge in [-0.25, -0.2) is 10.5 Å². The van der Waals surface area contributed by atoms with Gasteiger partial charge in [-0.1, -0.05) is 65.3 Å². The van der Waals surface area contributed by atoms with Crippen molar-refractivity contribution in [3.8, 4) is 0 Å². The van der Waals surface area contributed by atoms with Crippen LogP contribution in [0.3, 0.4) is 0 Å². The zero-order valence-electron chi connectivity index (χ0n) is 20.0. The van der Waals surface area contributed by atoms with Crippen molar-refractivity contribution in [1.29, 1.82) is 10.9 Å². The highest BCUT2D eigenvalue weighted by molar-refractivity contribution is 9.10. The van der Waals surface area contributed by atoms with Gasteiger partial charge in [0.25, 0.3) is 0 Å². The molecule has 2 aliphatic rings. The van der Waals surface area contributed by atoms with E-state index in [-0.39, 0.29) is 5.84 Å². The topological polar surface area (TPSA) is 75.7 Å². The van der Waals surface area contributed by atoms with Gasteiger partial charge in [0.1, 0.15) is 11.7 Å². The third-order valence-corrected chi connectivity index (χ3v) is 8.00. The third-order valence-electron chi connectivity index (χ3n) is 7.50. The van der Waals surface area contributed by atoms with Crippen LogP contribution in [0.5, 0.6) is 0 Å². The van der Waals surface area contributed by atoms with Crippen LogP contribution in [0.1, 0.15) is 61.6 Å². The Morgan fingerprint density at radius 2 is 1.91 bits per heavy atom. The number of aryl methyl sites for hydroxylation is 1. The molecule has 0 saturated heterocycles. The summed E-state index contributed by atoms with van der Waals surface area (Å²) < 4.78 is 0.996.